The molecule has 0 atom stereocenters. The van der Waals surface area contributed by atoms with Crippen molar-refractivity contribution in [3.8, 4) is 22.8 Å². The quantitative estimate of drug-likeness (QED) is 0.288. The molecule has 1 saturated carbocycles. The molecule has 1 aliphatic heterocycles. The molecular weight excluding hydrogens is 490 g/mol. The number of rotatable bonds is 7. The van der Waals surface area contributed by atoms with Gasteiger partial charge in [-0.05, 0) is 49.4 Å². The van der Waals surface area contributed by atoms with Crippen LogP contribution in [0, 0.1) is 11.8 Å². The van der Waals surface area contributed by atoms with Gasteiger partial charge in [-0.25, -0.2) is 4.98 Å². The molecule has 1 saturated heterocycles. The summed E-state index contributed by atoms with van der Waals surface area (Å²) in [5.74, 6) is 4.01. The van der Waals surface area contributed by atoms with Crippen LogP contribution in [0.4, 0.5) is 5.82 Å². The molecule has 1 aliphatic carbocycles. The molecule has 4 aromatic rings. The standard InChI is InChI=1S/C31H35N5O3/c1-21(2)19-26-32-29(35-15-8-16-36(18-17-35)31(37)22-9-6-10-22)27-28(34-39-30(27)33-26)23-11-7-14-25(20-23)38-24-12-4-3-5-13-24/h3-5,7,11-14,20-22H,6,8-10,15-19H2,1-2H3. The summed E-state index contributed by atoms with van der Waals surface area (Å²) in [6, 6.07) is 17.6. The van der Waals surface area contributed by atoms with Gasteiger partial charge in [0.2, 0.25) is 5.91 Å². The third-order valence-corrected chi connectivity index (χ3v) is 7.60. The first-order valence-electron chi connectivity index (χ1n) is 14.1. The van der Waals surface area contributed by atoms with E-state index in [2.05, 4.69) is 28.8 Å². The fraction of sp³-hybridized carbons (Fsp3) is 0.419. The van der Waals surface area contributed by atoms with E-state index in [9.17, 15) is 4.79 Å². The SMILES string of the molecule is CC(C)Cc1nc(N2CCCN(C(=O)C3CCC3)CC2)c2c(-c3cccc(Oc4ccccc4)c3)noc2n1. The number of carbonyl (C=O) groups is 1. The van der Waals surface area contributed by atoms with E-state index in [1.807, 2.05) is 54.6 Å². The first kappa shape index (κ1) is 25.3. The van der Waals surface area contributed by atoms with Gasteiger partial charge in [-0.3, -0.25) is 4.79 Å². The Morgan fingerprint density at radius 1 is 0.974 bits per heavy atom. The number of hydrogen-bond acceptors (Lipinski definition) is 7. The zero-order valence-corrected chi connectivity index (χ0v) is 22.7. The largest absolute Gasteiger partial charge is 0.457 e. The van der Waals surface area contributed by atoms with Crippen molar-refractivity contribution < 1.29 is 14.1 Å². The molecule has 1 amide bonds. The lowest BCUT2D eigenvalue weighted by molar-refractivity contribution is -0.137. The summed E-state index contributed by atoms with van der Waals surface area (Å²) >= 11 is 0. The minimum atomic E-state index is 0.218. The maximum Gasteiger partial charge on any atom is 0.263 e. The highest BCUT2D eigenvalue weighted by atomic mass is 16.5. The minimum Gasteiger partial charge on any atom is -0.457 e. The number of nitrogens with zero attached hydrogens (tertiary/aromatic N) is 5. The summed E-state index contributed by atoms with van der Waals surface area (Å²) in [6.45, 7) is 7.33. The van der Waals surface area contributed by atoms with Gasteiger partial charge in [0, 0.05) is 44.1 Å². The fourth-order valence-electron chi connectivity index (χ4n) is 5.36. The van der Waals surface area contributed by atoms with Crippen molar-refractivity contribution in [3.05, 3.63) is 60.4 Å². The van der Waals surface area contributed by atoms with E-state index in [0.29, 0.717) is 42.1 Å². The summed E-state index contributed by atoms with van der Waals surface area (Å²) in [6.07, 6.45) is 4.87. The second kappa shape index (κ2) is 11.0. The predicted molar refractivity (Wildman–Crippen MR) is 151 cm³/mol. The maximum absolute atomic E-state index is 13.0. The number of amides is 1. The summed E-state index contributed by atoms with van der Waals surface area (Å²) in [7, 11) is 0. The van der Waals surface area contributed by atoms with E-state index in [-0.39, 0.29) is 5.92 Å². The van der Waals surface area contributed by atoms with Crippen molar-refractivity contribution in [2.45, 2.75) is 46.0 Å². The molecule has 2 aromatic heterocycles. The van der Waals surface area contributed by atoms with Crippen molar-refractivity contribution >= 4 is 22.8 Å². The second-order valence-corrected chi connectivity index (χ2v) is 11.0. The first-order valence-corrected chi connectivity index (χ1v) is 14.1. The topological polar surface area (TPSA) is 84.6 Å². The molecule has 39 heavy (non-hydrogen) atoms. The lowest BCUT2D eigenvalue weighted by Gasteiger charge is -2.31. The van der Waals surface area contributed by atoms with Crippen LogP contribution in [0.25, 0.3) is 22.4 Å². The summed E-state index contributed by atoms with van der Waals surface area (Å²) in [5, 5.41) is 5.28. The average molecular weight is 526 g/mol. The van der Waals surface area contributed by atoms with Crippen LogP contribution in [-0.4, -0.2) is 52.1 Å². The lowest BCUT2D eigenvalue weighted by atomic mass is 9.84. The molecule has 0 radical (unpaired) electrons. The number of anilines is 1. The van der Waals surface area contributed by atoms with Crippen LogP contribution in [0.3, 0.4) is 0 Å². The molecule has 3 heterocycles. The van der Waals surface area contributed by atoms with Crippen molar-refractivity contribution in [1.29, 1.82) is 0 Å². The van der Waals surface area contributed by atoms with Crippen LogP contribution >= 0.6 is 0 Å². The molecule has 8 nitrogen and oxygen atoms in total. The van der Waals surface area contributed by atoms with Crippen LogP contribution in [0.15, 0.2) is 59.1 Å². The molecule has 8 heteroatoms. The number of fused-ring (bicyclic) bond motifs is 1. The van der Waals surface area contributed by atoms with Crippen molar-refractivity contribution in [1.82, 2.24) is 20.0 Å². The van der Waals surface area contributed by atoms with E-state index in [4.69, 9.17) is 19.2 Å². The number of ether oxygens (including phenoxy) is 1. The number of para-hydroxylation sites is 1. The van der Waals surface area contributed by atoms with Crippen molar-refractivity contribution in [2.75, 3.05) is 31.1 Å². The Hall–Kier alpha value is -3.94. The first-order chi connectivity index (χ1) is 19.0. The zero-order chi connectivity index (χ0) is 26.8. The van der Waals surface area contributed by atoms with E-state index < -0.39 is 0 Å². The molecule has 2 aromatic carbocycles. The number of hydrogen-bond donors (Lipinski definition) is 0. The number of carbonyl (C=O) groups excluding carboxylic acids is 1. The molecular formula is C31H35N5O3. The van der Waals surface area contributed by atoms with Gasteiger partial charge in [0.15, 0.2) is 0 Å². The van der Waals surface area contributed by atoms with Crippen LogP contribution in [-0.2, 0) is 11.2 Å². The maximum atomic E-state index is 13.0. The van der Waals surface area contributed by atoms with Crippen molar-refractivity contribution in [3.63, 3.8) is 0 Å². The number of aromatic nitrogens is 3. The average Bonchev–Trinajstić information content (AvgIpc) is 3.16. The smallest absolute Gasteiger partial charge is 0.263 e. The third kappa shape index (κ3) is 5.46. The van der Waals surface area contributed by atoms with Crippen LogP contribution in [0.5, 0.6) is 11.5 Å². The molecule has 0 N–H and O–H groups in total. The Morgan fingerprint density at radius 2 is 1.79 bits per heavy atom. The Balaban J connectivity index is 1.35. The Labute approximate surface area is 229 Å². The molecule has 0 spiro atoms. The van der Waals surface area contributed by atoms with Crippen LogP contribution < -0.4 is 9.64 Å². The van der Waals surface area contributed by atoms with Gasteiger partial charge in [-0.1, -0.05) is 55.8 Å². The van der Waals surface area contributed by atoms with E-state index in [1.165, 1.54) is 6.42 Å². The highest BCUT2D eigenvalue weighted by Crippen LogP contribution is 2.36. The van der Waals surface area contributed by atoms with E-state index >= 15 is 0 Å². The lowest BCUT2D eigenvalue weighted by Crippen LogP contribution is -2.41. The molecule has 2 fully saturated rings. The Morgan fingerprint density at radius 3 is 2.56 bits per heavy atom. The van der Waals surface area contributed by atoms with E-state index in [1.54, 1.807) is 0 Å². The van der Waals surface area contributed by atoms with Gasteiger partial charge < -0.3 is 19.1 Å². The molecule has 6 rings (SSSR count). The molecule has 0 bridgehead atoms. The Bertz CT molecular complexity index is 1450. The van der Waals surface area contributed by atoms with Gasteiger partial charge in [-0.2, -0.15) is 4.98 Å². The normalized spacial score (nSPS) is 16.4. The van der Waals surface area contributed by atoms with Gasteiger partial charge in [0.05, 0.1) is 0 Å². The zero-order valence-electron chi connectivity index (χ0n) is 22.7. The minimum absolute atomic E-state index is 0.218. The van der Waals surface area contributed by atoms with Gasteiger partial charge in [0.25, 0.3) is 5.71 Å². The summed E-state index contributed by atoms with van der Waals surface area (Å²) in [4.78, 5) is 27.1. The van der Waals surface area contributed by atoms with Crippen LogP contribution in [0.2, 0.25) is 0 Å². The third-order valence-electron chi connectivity index (χ3n) is 7.60. The summed E-state index contributed by atoms with van der Waals surface area (Å²) < 4.78 is 11.9. The molecule has 0 unspecified atom stereocenters. The van der Waals surface area contributed by atoms with Crippen molar-refractivity contribution in [2.24, 2.45) is 11.8 Å². The summed E-state index contributed by atoms with van der Waals surface area (Å²) in [5.41, 5.74) is 2.06. The van der Waals surface area contributed by atoms with Crippen LogP contribution in [0.1, 0.15) is 45.4 Å². The predicted octanol–water partition coefficient (Wildman–Crippen LogP) is 6.11. The molecule has 2 aliphatic rings. The van der Waals surface area contributed by atoms with E-state index in [0.717, 1.165) is 67.1 Å². The van der Waals surface area contributed by atoms with Gasteiger partial charge >= 0.3 is 0 Å². The van der Waals surface area contributed by atoms with Gasteiger partial charge in [-0.15, -0.1) is 0 Å². The number of benzene rings is 2. The fourth-order valence-corrected chi connectivity index (χ4v) is 5.36. The second-order valence-electron chi connectivity index (χ2n) is 11.0. The van der Waals surface area contributed by atoms with Gasteiger partial charge in [0.1, 0.15) is 34.2 Å². The molecule has 202 valence electrons. The highest BCUT2D eigenvalue weighted by molar-refractivity contribution is 5.98. The monoisotopic (exact) mass is 525 g/mol. The highest BCUT2D eigenvalue weighted by Gasteiger charge is 2.31. The Kier molecular flexibility index (Phi) is 7.18.